The maximum Gasteiger partial charge on any atom is 0.132 e. The Kier molecular flexibility index (Phi) is 4.74. The summed E-state index contributed by atoms with van der Waals surface area (Å²) in [5.41, 5.74) is 2.50. The Bertz CT molecular complexity index is 710. The van der Waals surface area contributed by atoms with Gasteiger partial charge >= 0.3 is 0 Å². The van der Waals surface area contributed by atoms with Gasteiger partial charge in [-0.1, -0.05) is 0 Å². The lowest BCUT2D eigenvalue weighted by Gasteiger charge is -2.26. The molecule has 0 bridgehead atoms. The maximum absolute atomic E-state index is 5.60. The molecule has 25 heavy (non-hydrogen) atoms. The summed E-state index contributed by atoms with van der Waals surface area (Å²) < 4.78 is 5.60. The van der Waals surface area contributed by atoms with Crippen LogP contribution in [0.4, 0.5) is 11.6 Å². The molecule has 132 valence electrons. The standard InChI is InChI=1S/C18H24N6O/c1-25-14-8-13(24(10-14)17-6-7-19-11-22-17)9-20-18-15-4-2-3-5-16(15)21-12-23-18/h6-7,11-14H,2-5,8-10H2,1H3,(H,20,21,23)/t13-,14-/m1/s1. The van der Waals surface area contributed by atoms with Crippen LogP contribution >= 0.6 is 0 Å². The molecule has 1 N–H and O–H groups in total. The van der Waals surface area contributed by atoms with Crippen LogP contribution in [0, 0.1) is 0 Å². The third-order valence-electron chi connectivity index (χ3n) is 5.20. The summed E-state index contributed by atoms with van der Waals surface area (Å²) in [6.07, 6.45) is 10.8. The van der Waals surface area contributed by atoms with E-state index in [1.165, 1.54) is 24.1 Å². The van der Waals surface area contributed by atoms with E-state index in [1.54, 1.807) is 26.0 Å². The maximum atomic E-state index is 5.60. The molecule has 4 rings (SSSR count). The van der Waals surface area contributed by atoms with Crippen LogP contribution in [-0.4, -0.2) is 52.3 Å². The zero-order valence-corrected chi connectivity index (χ0v) is 14.6. The van der Waals surface area contributed by atoms with Crippen LogP contribution in [-0.2, 0) is 17.6 Å². The zero-order chi connectivity index (χ0) is 17.1. The molecule has 2 atom stereocenters. The van der Waals surface area contributed by atoms with Crippen LogP contribution < -0.4 is 10.2 Å². The van der Waals surface area contributed by atoms with Gasteiger partial charge in [-0.3, -0.25) is 0 Å². The van der Waals surface area contributed by atoms with E-state index >= 15 is 0 Å². The second-order valence-corrected chi connectivity index (χ2v) is 6.70. The van der Waals surface area contributed by atoms with Gasteiger partial charge in [0, 0.05) is 37.7 Å². The van der Waals surface area contributed by atoms with E-state index in [4.69, 9.17) is 4.74 Å². The Morgan fingerprint density at radius 1 is 1.20 bits per heavy atom. The first-order valence-electron chi connectivity index (χ1n) is 8.97. The fourth-order valence-corrected chi connectivity index (χ4v) is 3.86. The molecule has 2 aromatic heterocycles. The van der Waals surface area contributed by atoms with Gasteiger partial charge in [-0.05, 0) is 38.2 Å². The van der Waals surface area contributed by atoms with Crippen molar-refractivity contribution in [1.82, 2.24) is 19.9 Å². The van der Waals surface area contributed by atoms with Crippen LogP contribution in [0.3, 0.4) is 0 Å². The Labute approximate surface area is 147 Å². The molecule has 1 aliphatic carbocycles. The molecule has 3 heterocycles. The molecule has 0 saturated carbocycles. The van der Waals surface area contributed by atoms with Gasteiger partial charge < -0.3 is 15.0 Å². The number of rotatable bonds is 5. The first-order chi connectivity index (χ1) is 12.3. The molecule has 1 saturated heterocycles. The Balaban J connectivity index is 1.49. The summed E-state index contributed by atoms with van der Waals surface area (Å²) in [6, 6.07) is 2.27. The Hall–Kier alpha value is -2.28. The van der Waals surface area contributed by atoms with E-state index in [0.717, 1.165) is 44.0 Å². The van der Waals surface area contributed by atoms with Crippen molar-refractivity contribution in [2.45, 2.75) is 44.2 Å². The summed E-state index contributed by atoms with van der Waals surface area (Å²) in [4.78, 5) is 19.7. The first kappa shape index (κ1) is 16.2. The highest BCUT2D eigenvalue weighted by atomic mass is 16.5. The van der Waals surface area contributed by atoms with Crippen molar-refractivity contribution < 1.29 is 4.74 Å². The number of aryl methyl sites for hydroxylation is 1. The van der Waals surface area contributed by atoms with E-state index in [2.05, 4.69) is 30.2 Å². The van der Waals surface area contributed by atoms with E-state index in [-0.39, 0.29) is 6.10 Å². The SMILES string of the molecule is CO[C@@H]1C[C@H](CNc2ncnc3c2CCCC3)N(c2ccncn2)C1. The number of anilines is 2. The van der Waals surface area contributed by atoms with Crippen molar-refractivity contribution in [2.75, 3.05) is 30.4 Å². The topological polar surface area (TPSA) is 76.1 Å². The van der Waals surface area contributed by atoms with Gasteiger partial charge in [0.05, 0.1) is 12.1 Å². The quantitative estimate of drug-likeness (QED) is 0.890. The molecule has 0 aromatic carbocycles. The molecule has 2 aliphatic rings. The number of hydrogen-bond donors (Lipinski definition) is 1. The largest absolute Gasteiger partial charge is 0.380 e. The van der Waals surface area contributed by atoms with Crippen LogP contribution in [0.2, 0.25) is 0 Å². The number of ether oxygens (including phenoxy) is 1. The predicted octanol–water partition coefficient (Wildman–Crippen LogP) is 1.85. The summed E-state index contributed by atoms with van der Waals surface area (Å²) in [7, 11) is 1.78. The molecule has 2 aromatic rings. The van der Waals surface area contributed by atoms with Gasteiger partial charge in [0.2, 0.25) is 0 Å². The normalized spacial score (nSPS) is 22.7. The highest BCUT2D eigenvalue weighted by molar-refractivity contribution is 5.48. The third-order valence-corrected chi connectivity index (χ3v) is 5.20. The molecule has 0 spiro atoms. The van der Waals surface area contributed by atoms with Crippen molar-refractivity contribution in [3.63, 3.8) is 0 Å². The average molecular weight is 340 g/mol. The number of methoxy groups -OCH3 is 1. The van der Waals surface area contributed by atoms with Gasteiger partial charge in [-0.2, -0.15) is 0 Å². The summed E-state index contributed by atoms with van der Waals surface area (Å²) in [5.74, 6) is 1.94. The van der Waals surface area contributed by atoms with Crippen molar-refractivity contribution >= 4 is 11.6 Å². The third kappa shape index (κ3) is 3.42. The Morgan fingerprint density at radius 2 is 2.12 bits per heavy atom. The van der Waals surface area contributed by atoms with Crippen LogP contribution in [0.5, 0.6) is 0 Å². The van der Waals surface area contributed by atoms with Gasteiger partial charge in [-0.25, -0.2) is 19.9 Å². The van der Waals surface area contributed by atoms with E-state index < -0.39 is 0 Å². The lowest BCUT2D eigenvalue weighted by atomic mass is 9.96. The van der Waals surface area contributed by atoms with E-state index in [0.29, 0.717) is 6.04 Å². The van der Waals surface area contributed by atoms with Gasteiger partial charge in [0.25, 0.3) is 0 Å². The first-order valence-corrected chi connectivity index (χ1v) is 8.97. The van der Waals surface area contributed by atoms with Crippen LogP contribution in [0.15, 0.2) is 24.9 Å². The van der Waals surface area contributed by atoms with Crippen molar-refractivity contribution in [2.24, 2.45) is 0 Å². The molecular weight excluding hydrogens is 316 g/mol. The van der Waals surface area contributed by atoms with Crippen molar-refractivity contribution in [3.05, 3.63) is 36.2 Å². The lowest BCUT2D eigenvalue weighted by molar-refractivity contribution is 0.118. The molecule has 0 unspecified atom stereocenters. The van der Waals surface area contributed by atoms with Gasteiger partial charge in [0.1, 0.15) is 24.3 Å². The number of nitrogens with one attached hydrogen (secondary N) is 1. The van der Waals surface area contributed by atoms with Gasteiger partial charge in [0.15, 0.2) is 0 Å². The highest BCUT2D eigenvalue weighted by Gasteiger charge is 2.33. The highest BCUT2D eigenvalue weighted by Crippen LogP contribution is 2.27. The molecule has 7 heteroatoms. The number of nitrogens with zero attached hydrogens (tertiary/aromatic N) is 5. The fraction of sp³-hybridized carbons (Fsp3) is 0.556. The second kappa shape index (κ2) is 7.31. The monoisotopic (exact) mass is 340 g/mol. The number of fused-ring (bicyclic) bond motifs is 1. The summed E-state index contributed by atoms with van der Waals surface area (Å²) in [5, 5.41) is 3.57. The van der Waals surface area contributed by atoms with Crippen molar-refractivity contribution in [1.29, 1.82) is 0 Å². The van der Waals surface area contributed by atoms with Crippen LogP contribution in [0.1, 0.15) is 30.5 Å². The van der Waals surface area contributed by atoms with Gasteiger partial charge in [-0.15, -0.1) is 0 Å². The molecule has 7 nitrogen and oxygen atoms in total. The van der Waals surface area contributed by atoms with E-state index in [1.807, 2.05) is 6.07 Å². The molecule has 0 amide bonds. The molecule has 1 fully saturated rings. The van der Waals surface area contributed by atoms with Crippen LogP contribution in [0.25, 0.3) is 0 Å². The lowest BCUT2D eigenvalue weighted by Crippen LogP contribution is -2.36. The summed E-state index contributed by atoms with van der Waals surface area (Å²) >= 11 is 0. The molecular formula is C18H24N6O. The predicted molar refractivity (Wildman–Crippen MR) is 95.7 cm³/mol. The van der Waals surface area contributed by atoms with Crippen molar-refractivity contribution in [3.8, 4) is 0 Å². The average Bonchev–Trinajstić information content (AvgIpc) is 3.10. The Morgan fingerprint density at radius 3 is 2.96 bits per heavy atom. The van der Waals surface area contributed by atoms with E-state index in [9.17, 15) is 0 Å². The molecule has 0 radical (unpaired) electrons. The minimum atomic E-state index is 0.223. The number of aromatic nitrogens is 4. The summed E-state index contributed by atoms with van der Waals surface area (Å²) in [6.45, 7) is 1.66. The second-order valence-electron chi connectivity index (χ2n) is 6.70. The minimum Gasteiger partial charge on any atom is -0.380 e. The fourth-order valence-electron chi connectivity index (χ4n) is 3.86. The zero-order valence-electron chi connectivity index (χ0n) is 14.6. The minimum absolute atomic E-state index is 0.223. The smallest absolute Gasteiger partial charge is 0.132 e. The molecule has 1 aliphatic heterocycles. The number of hydrogen-bond acceptors (Lipinski definition) is 7.